The number of ketones is 1. The van der Waals surface area contributed by atoms with Gasteiger partial charge < -0.3 is 5.32 Å². The monoisotopic (exact) mass is 527 g/mol. The molecule has 1 N–H and O–H groups in total. The van der Waals surface area contributed by atoms with Gasteiger partial charge in [0.25, 0.3) is 11.5 Å². The second-order valence-electron chi connectivity index (χ2n) is 10.0. The predicted octanol–water partition coefficient (Wildman–Crippen LogP) is 5.81. The second kappa shape index (κ2) is 12.2. The van der Waals surface area contributed by atoms with E-state index in [1.807, 2.05) is 62.4 Å². The molecular formula is C31H33N3O3S. The van der Waals surface area contributed by atoms with Gasteiger partial charge in [-0.1, -0.05) is 85.3 Å². The molecule has 0 unspecified atom stereocenters. The van der Waals surface area contributed by atoms with E-state index in [9.17, 15) is 14.4 Å². The Morgan fingerprint density at radius 2 is 1.55 bits per heavy atom. The van der Waals surface area contributed by atoms with Crippen molar-refractivity contribution in [2.45, 2.75) is 45.8 Å². The molecule has 4 aromatic rings. The largest absolute Gasteiger partial charge is 0.352 e. The van der Waals surface area contributed by atoms with E-state index in [4.69, 9.17) is 4.98 Å². The molecule has 0 saturated carbocycles. The Labute approximate surface area is 227 Å². The number of thioether (sulfide) groups is 1. The molecule has 6 nitrogen and oxygen atoms in total. The number of nitrogens with zero attached hydrogens (tertiary/aromatic N) is 2. The summed E-state index contributed by atoms with van der Waals surface area (Å²) >= 11 is 1.24. The highest BCUT2D eigenvalue weighted by molar-refractivity contribution is 7.99. The Morgan fingerprint density at radius 1 is 0.921 bits per heavy atom. The lowest BCUT2D eigenvalue weighted by Crippen LogP contribution is -2.26. The normalized spacial score (nSPS) is 11.2. The van der Waals surface area contributed by atoms with Crippen LogP contribution in [0.25, 0.3) is 10.9 Å². The van der Waals surface area contributed by atoms with E-state index in [0.717, 1.165) is 23.1 Å². The van der Waals surface area contributed by atoms with E-state index in [1.165, 1.54) is 11.8 Å². The fourth-order valence-electron chi connectivity index (χ4n) is 4.00. The van der Waals surface area contributed by atoms with E-state index in [2.05, 4.69) is 19.2 Å². The van der Waals surface area contributed by atoms with Crippen LogP contribution < -0.4 is 10.9 Å². The second-order valence-corrected chi connectivity index (χ2v) is 11.0. The lowest BCUT2D eigenvalue weighted by Gasteiger charge is -2.14. The number of hydrogen-bond acceptors (Lipinski definition) is 5. The number of benzene rings is 3. The lowest BCUT2D eigenvalue weighted by atomic mass is 10.1. The maximum atomic E-state index is 13.6. The third-order valence-corrected chi connectivity index (χ3v) is 7.33. The summed E-state index contributed by atoms with van der Waals surface area (Å²) in [6.45, 7) is 9.13. The number of rotatable bonds is 10. The van der Waals surface area contributed by atoms with Gasteiger partial charge in [0.15, 0.2) is 10.9 Å². The van der Waals surface area contributed by atoms with Crippen molar-refractivity contribution in [3.63, 3.8) is 0 Å². The molecule has 0 radical (unpaired) electrons. The molecular weight excluding hydrogens is 494 g/mol. The summed E-state index contributed by atoms with van der Waals surface area (Å²) in [6, 6.07) is 20.4. The number of carbonyl (C=O) groups is 2. The molecule has 0 saturated heterocycles. The number of aryl methyl sites for hydroxylation is 2. The van der Waals surface area contributed by atoms with Gasteiger partial charge in [0.2, 0.25) is 0 Å². The molecule has 0 atom stereocenters. The third kappa shape index (κ3) is 6.78. The molecule has 0 aliphatic heterocycles. The van der Waals surface area contributed by atoms with Crippen molar-refractivity contribution < 1.29 is 9.59 Å². The molecule has 196 valence electrons. The van der Waals surface area contributed by atoms with Crippen molar-refractivity contribution in [1.29, 1.82) is 0 Å². The molecule has 38 heavy (non-hydrogen) atoms. The standard InChI is InChI=1S/C31H33N3O3S/c1-20(2)15-16-32-29(36)25-13-14-26-27(17-25)33-31(38-19-28(35)24-11-7-22(4)8-12-24)34(30(26)37)18-23-9-5-21(3)6-10-23/h5-14,17,20H,15-16,18-19H2,1-4H3,(H,32,36). The van der Waals surface area contributed by atoms with Gasteiger partial charge >= 0.3 is 0 Å². The van der Waals surface area contributed by atoms with Crippen LogP contribution in [-0.2, 0) is 6.54 Å². The molecule has 1 amide bonds. The summed E-state index contributed by atoms with van der Waals surface area (Å²) in [7, 11) is 0. The van der Waals surface area contributed by atoms with E-state index < -0.39 is 0 Å². The van der Waals surface area contributed by atoms with Gasteiger partial charge in [-0.3, -0.25) is 19.0 Å². The summed E-state index contributed by atoms with van der Waals surface area (Å²) in [4.78, 5) is 44.0. The average molecular weight is 528 g/mol. The molecule has 7 heteroatoms. The maximum absolute atomic E-state index is 13.6. The number of nitrogens with one attached hydrogen (secondary N) is 1. The molecule has 3 aromatic carbocycles. The smallest absolute Gasteiger partial charge is 0.262 e. The van der Waals surface area contributed by atoms with Crippen LogP contribution in [0.2, 0.25) is 0 Å². The molecule has 0 aliphatic rings. The maximum Gasteiger partial charge on any atom is 0.262 e. The first kappa shape index (κ1) is 27.3. The van der Waals surface area contributed by atoms with Crippen molar-refractivity contribution in [3.05, 3.63) is 105 Å². The number of fused-ring (bicyclic) bond motifs is 1. The van der Waals surface area contributed by atoms with Gasteiger partial charge in [-0.05, 0) is 49.9 Å². The van der Waals surface area contributed by atoms with Crippen molar-refractivity contribution in [2.24, 2.45) is 5.92 Å². The number of hydrogen-bond donors (Lipinski definition) is 1. The Balaban J connectivity index is 1.67. The summed E-state index contributed by atoms with van der Waals surface area (Å²) in [5.74, 6) is 0.402. The average Bonchev–Trinajstić information content (AvgIpc) is 2.90. The van der Waals surface area contributed by atoms with Crippen molar-refractivity contribution in [1.82, 2.24) is 14.9 Å². The van der Waals surface area contributed by atoms with E-state index in [0.29, 0.717) is 46.2 Å². The zero-order chi connectivity index (χ0) is 27.2. The summed E-state index contributed by atoms with van der Waals surface area (Å²) < 4.78 is 1.61. The van der Waals surface area contributed by atoms with Crippen molar-refractivity contribution in [2.75, 3.05) is 12.3 Å². The molecule has 0 spiro atoms. The van der Waals surface area contributed by atoms with Crippen LogP contribution in [-0.4, -0.2) is 33.5 Å². The van der Waals surface area contributed by atoms with Crippen LogP contribution in [0.1, 0.15) is 57.7 Å². The molecule has 1 heterocycles. The number of aromatic nitrogens is 2. The minimum absolute atomic E-state index is 0.0375. The van der Waals surface area contributed by atoms with E-state index in [1.54, 1.807) is 22.8 Å². The van der Waals surface area contributed by atoms with Crippen LogP contribution in [0.4, 0.5) is 0 Å². The predicted molar refractivity (Wildman–Crippen MR) is 154 cm³/mol. The zero-order valence-corrected chi connectivity index (χ0v) is 23.1. The van der Waals surface area contributed by atoms with Gasteiger partial charge in [0.05, 0.1) is 23.2 Å². The van der Waals surface area contributed by atoms with Gasteiger partial charge in [-0.2, -0.15) is 0 Å². The summed E-state index contributed by atoms with van der Waals surface area (Å²) in [6.07, 6.45) is 0.886. The SMILES string of the molecule is Cc1ccc(Cn2c(SCC(=O)c3ccc(C)cc3)nc3cc(C(=O)NCCC(C)C)ccc3c2=O)cc1. The highest BCUT2D eigenvalue weighted by atomic mass is 32.2. The van der Waals surface area contributed by atoms with Gasteiger partial charge in [-0.25, -0.2) is 4.98 Å². The van der Waals surface area contributed by atoms with Crippen molar-refractivity contribution in [3.8, 4) is 0 Å². The first-order valence-corrected chi connectivity index (χ1v) is 13.8. The molecule has 1 aromatic heterocycles. The fraction of sp³-hybridized carbons (Fsp3) is 0.290. The van der Waals surface area contributed by atoms with Gasteiger partial charge in [-0.15, -0.1) is 0 Å². The molecule has 4 rings (SSSR count). The topological polar surface area (TPSA) is 81.1 Å². The number of amides is 1. The van der Waals surface area contributed by atoms with E-state index >= 15 is 0 Å². The van der Waals surface area contributed by atoms with Crippen molar-refractivity contribution >= 4 is 34.4 Å². The highest BCUT2D eigenvalue weighted by Gasteiger charge is 2.16. The quantitative estimate of drug-likeness (QED) is 0.160. The van der Waals surface area contributed by atoms with Crippen LogP contribution in [0.5, 0.6) is 0 Å². The zero-order valence-electron chi connectivity index (χ0n) is 22.3. The summed E-state index contributed by atoms with van der Waals surface area (Å²) in [5.41, 5.74) is 4.50. The minimum atomic E-state index is -0.201. The summed E-state index contributed by atoms with van der Waals surface area (Å²) in [5, 5.41) is 3.82. The van der Waals surface area contributed by atoms with Crippen LogP contribution in [0.3, 0.4) is 0 Å². The minimum Gasteiger partial charge on any atom is -0.352 e. The van der Waals surface area contributed by atoms with Crippen LogP contribution in [0.15, 0.2) is 76.7 Å². The Morgan fingerprint density at radius 3 is 2.21 bits per heavy atom. The first-order chi connectivity index (χ1) is 18.2. The molecule has 0 bridgehead atoms. The first-order valence-electron chi connectivity index (χ1n) is 12.8. The van der Waals surface area contributed by atoms with Crippen LogP contribution >= 0.6 is 11.8 Å². The van der Waals surface area contributed by atoms with E-state index in [-0.39, 0.29) is 23.0 Å². The lowest BCUT2D eigenvalue weighted by molar-refractivity contribution is 0.0951. The highest BCUT2D eigenvalue weighted by Crippen LogP contribution is 2.22. The van der Waals surface area contributed by atoms with Gasteiger partial charge in [0, 0.05) is 17.7 Å². The Bertz CT molecular complexity index is 1510. The number of carbonyl (C=O) groups excluding carboxylic acids is 2. The molecule has 0 aliphatic carbocycles. The van der Waals surface area contributed by atoms with Gasteiger partial charge in [0.1, 0.15) is 0 Å². The number of Topliss-reactive ketones (excluding diaryl/α,β-unsaturated/α-hetero) is 1. The third-order valence-electron chi connectivity index (χ3n) is 6.36. The Kier molecular flexibility index (Phi) is 8.79. The van der Waals surface area contributed by atoms with Crippen LogP contribution in [0, 0.1) is 19.8 Å². The Hall–Kier alpha value is -3.71. The molecule has 0 fully saturated rings. The fourth-order valence-corrected chi connectivity index (χ4v) is 4.89.